The number of aromatic nitrogens is 1. The SMILES string of the molecule is CC(C)c1c(C(=O)Nc2ccccc2)c(-c2ccccc2)c(-c2ccc(F)cc2)n1CC[C@@H](O)C[C@@H](O)CC(=O)OCCCCCCO[N+](=O)[O-]. The molecule has 0 spiro atoms. The topological polar surface area (TPSA) is 153 Å². The van der Waals surface area contributed by atoms with Crippen molar-refractivity contribution in [1.29, 1.82) is 0 Å². The van der Waals surface area contributed by atoms with Gasteiger partial charge in [0.2, 0.25) is 0 Å². The number of carbonyl (C=O) groups is 2. The summed E-state index contributed by atoms with van der Waals surface area (Å²) >= 11 is 0. The Labute approximate surface area is 297 Å². The summed E-state index contributed by atoms with van der Waals surface area (Å²) < 4.78 is 21.4. The molecule has 0 saturated heterocycles. The third-order valence-corrected chi connectivity index (χ3v) is 8.42. The summed E-state index contributed by atoms with van der Waals surface area (Å²) in [5, 5.41) is 34.1. The molecule has 272 valence electrons. The van der Waals surface area contributed by atoms with Gasteiger partial charge in [0.15, 0.2) is 0 Å². The minimum Gasteiger partial charge on any atom is -0.466 e. The molecule has 1 amide bonds. The number of esters is 1. The molecular weight excluding hydrogens is 657 g/mol. The molecule has 0 aliphatic heterocycles. The van der Waals surface area contributed by atoms with Crippen LogP contribution < -0.4 is 5.32 Å². The predicted molar refractivity (Wildman–Crippen MR) is 192 cm³/mol. The molecule has 4 aromatic rings. The Kier molecular flexibility index (Phi) is 14.7. The molecule has 1 heterocycles. The number of para-hydroxylation sites is 1. The van der Waals surface area contributed by atoms with E-state index in [2.05, 4.69) is 10.2 Å². The monoisotopic (exact) mass is 703 g/mol. The second-order valence-electron chi connectivity index (χ2n) is 12.7. The molecule has 2 atom stereocenters. The van der Waals surface area contributed by atoms with Crippen LogP contribution in [0.3, 0.4) is 0 Å². The summed E-state index contributed by atoms with van der Waals surface area (Å²) in [5.41, 5.74) is 4.72. The Bertz CT molecular complexity index is 1710. The quantitative estimate of drug-likeness (QED) is 0.0369. The van der Waals surface area contributed by atoms with Gasteiger partial charge in [0, 0.05) is 23.5 Å². The summed E-state index contributed by atoms with van der Waals surface area (Å²) in [6.07, 6.45) is 0.218. The molecular formula is C39H46FN3O8. The van der Waals surface area contributed by atoms with Gasteiger partial charge in [0.25, 0.3) is 11.0 Å². The Morgan fingerprint density at radius 3 is 2.12 bits per heavy atom. The number of aliphatic hydroxyl groups excluding tert-OH is 2. The number of hydrogen-bond acceptors (Lipinski definition) is 8. The number of halogens is 1. The fourth-order valence-electron chi connectivity index (χ4n) is 6.14. The first-order chi connectivity index (χ1) is 24.5. The lowest BCUT2D eigenvalue weighted by molar-refractivity contribution is -0.757. The molecule has 3 aromatic carbocycles. The second-order valence-corrected chi connectivity index (χ2v) is 12.7. The van der Waals surface area contributed by atoms with Crippen molar-refractivity contribution in [1.82, 2.24) is 4.57 Å². The third kappa shape index (κ3) is 11.5. The number of hydrogen-bond donors (Lipinski definition) is 3. The zero-order valence-corrected chi connectivity index (χ0v) is 29.0. The highest BCUT2D eigenvalue weighted by Gasteiger charge is 2.31. The zero-order chi connectivity index (χ0) is 36.8. The maximum absolute atomic E-state index is 14.2. The summed E-state index contributed by atoms with van der Waals surface area (Å²) in [6, 6.07) is 24.8. The summed E-state index contributed by atoms with van der Waals surface area (Å²) in [4.78, 5) is 41.0. The summed E-state index contributed by atoms with van der Waals surface area (Å²) in [7, 11) is 0. The molecule has 3 N–H and O–H groups in total. The third-order valence-electron chi connectivity index (χ3n) is 8.42. The number of ether oxygens (including phenoxy) is 1. The maximum Gasteiger partial charge on any atom is 0.308 e. The van der Waals surface area contributed by atoms with Gasteiger partial charge >= 0.3 is 5.97 Å². The van der Waals surface area contributed by atoms with E-state index in [1.165, 1.54) is 12.1 Å². The van der Waals surface area contributed by atoms with Crippen LogP contribution in [-0.2, 0) is 20.9 Å². The maximum atomic E-state index is 14.2. The highest BCUT2D eigenvalue weighted by molar-refractivity contribution is 6.12. The lowest BCUT2D eigenvalue weighted by Gasteiger charge is -2.20. The first-order valence-corrected chi connectivity index (χ1v) is 17.3. The van der Waals surface area contributed by atoms with Gasteiger partial charge in [0.1, 0.15) is 5.82 Å². The normalized spacial score (nSPS) is 12.4. The van der Waals surface area contributed by atoms with Crippen LogP contribution in [0.15, 0.2) is 84.9 Å². The van der Waals surface area contributed by atoms with Gasteiger partial charge in [-0.05, 0) is 85.5 Å². The van der Waals surface area contributed by atoms with Crippen molar-refractivity contribution in [2.75, 3.05) is 18.5 Å². The molecule has 0 radical (unpaired) electrons. The Balaban J connectivity index is 1.53. The van der Waals surface area contributed by atoms with E-state index in [1.54, 1.807) is 12.1 Å². The van der Waals surface area contributed by atoms with Crippen LogP contribution in [0.1, 0.15) is 80.8 Å². The van der Waals surface area contributed by atoms with Crippen LogP contribution in [0.2, 0.25) is 0 Å². The van der Waals surface area contributed by atoms with E-state index >= 15 is 0 Å². The van der Waals surface area contributed by atoms with Crippen molar-refractivity contribution >= 4 is 17.6 Å². The minimum absolute atomic E-state index is 0.0247. The molecule has 1 aromatic heterocycles. The van der Waals surface area contributed by atoms with Crippen LogP contribution in [0.5, 0.6) is 0 Å². The van der Waals surface area contributed by atoms with E-state index in [-0.39, 0.29) is 50.8 Å². The number of aliphatic hydroxyl groups is 2. The molecule has 11 nitrogen and oxygen atoms in total. The smallest absolute Gasteiger partial charge is 0.308 e. The number of carbonyl (C=O) groups excluding carboxylic acids is 2. The van der Waals surface area contributed by atoms with Gasteiger partial charge < -0.3 is 29.7 Å². The number of nitrogens with one attached hydrogen (secondary N) is 1. The molecule has 0 unspecified atom stereocenters. The number of anilines is 1. The van der Waals surface area contributed by atoms with Gasteiger partial charge in [0.05, 0.1) is 43.1 Å². The van der Waals surface area contributed by atoms with Crippen LogP contribution in [0.25, 0.3) is 22.4 Å². The lowest BCUT2D eigenvalue weighted by atomic mass is 9.94. The zero-order valence-electron chi connectivity index (χ0n) is 29.0. The Morgan fingerprint density at radius 2 is 1.49 bits per heavy atom. The summed E-state index contributed by atoms with van der Waals surface area (Å²) in [5.74, 6) is -1.42. The van der Waals surface area contributed by atoms with Crippen molar-refractivity contribution < 1.29 is 38.9 Å². The summed E-state index contributed by atoms with van der Waals surface area (Å²) in [6.45, 7) is 4.43. The molecule has 0 bridgehead atoms. The Hall–Kier alpha value is -5.07. The van der Waals surface area contributed by atoms with Crippen LogP contribution in [0, 0.1) is 15.9 Å². The van der Waals surface area contributed by atoms with E-state index in [9.17, 15) is 34.3 Å². The van der Waals surface area contributed by atoms with E-state index in [0.717, 1.165) is 11.3 Å². The fourth-order valence-corrected chi connectivity index (χ4v) is 6.14. The molecule has 0 saturated carbocycles. The lowest BCUT2D eigenvalue weighted by Crippen LogP contribution is -2.23. The average molecular weight is 704 g/mol. The number of rotatable bonds is 20. The van der Waals surface area contributed by atoms with Crippen LogP contribution in [-0.4, -0.2) is 57.2 Å². The van der Waals surface area contributed by atoms with Gasteiger partial charge in [-0.2, -0.15) is 0 Å². The second kappa shape index (κ2) is 19.4. The van der Waals surface area contributed by atoms with Crippen molar-refractivity contribution in [2.24, 2.45) is 0 Å². The molecule has 4 rings (SSSR count). The van der Waals surface area contributed by atoms with Crippen LogP contribution >= 0.6 is 0 Å². The molecule has 51 heavy (non-hydrogen) atoms. The fraction of sp³-hybridized carbons (Fsp3) is 0.385. The molecule has 0 aliphatic carbocycles. The van der Waals surface area contributed by atoms with Crippen LogP contribution in [0.4, 0.5) is 10.1 Å². The van der Waals surface area contributed by atoms with Gasteiger partial charge in [-0.3, -0.25) is 9.59 Å². The highest BCUT2D eigenvalue weighted by Crippen LogP contribution is 2.42. The predicted octanol–water partition coefficient (Wildman–Crippen LogP) is 7.54. The first-order valence-electron chi connectivity index (χ1n) is 17.3. The molecule has 0 fully saturated rings. The highest BCUT2D eigenvalue weighted by atomic mass is 19.1. The van der Waals surface area contributed by atoms with Gasteiger partial charge in [-0.1, -0.05) is 68.8 Å². The van der Waals surface area contributed by atoms with Gasteiger partial charge in [-0.25, -0.2) is 4.39 Å². The average Bonchev–Trinajstić information content (AvgIpc) is 3.45. The first kappa shape index (κ1) is 38.7. The minimum atomic E-state index is -1.13. The Morgan fingerprint density at radius 1 is 0.863 bits per heavy atom. The largest absolute Gasteiger partial charge is 0.466 e. The van der Waals surface area contributed by atoms with E-state index in [1.807, 2.05) is 79.1 Å². The van der Waals surface area contributed by atoms with E-state index in [4.69, 9.17) is 4.74 Å². The number of amides is 1. The van der Waals surface area contributed by atoms with Gasteiger partial charge in [-0.15, -0.1) is 10.1 Å². The van der Waals surface area contributed by atoms with Crippen molar-refractivity contribution in [2.45, 2.75) is 83.5 Å². The molecule has 12 heteroatoms. The van der Waals surface area contributed by atoms with Crippen molar-refractivity contribution in [3.05, 3.63) is 112 Å². The van der Waals surface area contributed by atoms with Crippen molar-refractivity contribution in [3.8, 4) is 22.4 Å². The number of benzene rings is 3. The standard InChI is InChI=1S/C39H46FN3O8/c1-27(2)37-36(39(47)41-31-15-9-6-10-16-31)35(28-13-7-5-8-14-28)38(29-17-19-30(40)20-18-29)42(37)22-21-32(44)25-33(45)26-34(46)50-23-11-3-4-12-24-51-43(48)49/h5-10,13-20,27,32-33,44-45H,3-4,11-12,21-26H2,1-2H3,(H,41,47)/t32-,33-/m1/s1. The number of unbranched alkanes of at least 4 members (excludes halogenated alkanes) is 3. The van der Waals surface area contributed by atoms with E-state index in [0.29, 0.717) is 53.8 Å². The molecule has 0 aliphatic rings. The van der Waals surface area contributed by atoms with Crippen molar-refractivity contribution in [3.63, 3.8) is 0 Å². The number of nitrogens with zero attached hydrogens (tertiary/aromatic N) is 2. The van der Waals surface area contributed by atoms with E-state index < -0.39 is 29.1 Å².